The van der Waals surface area contributed by atoms with E-state index in [1.54, 1.807) is 36.2 Å². The quantitative estimate of drug-likeness (QED) is 0.498. The van der Waals surface area contributed by atoms with Crippen molar-refractivity contribution >= 4 is 45.3 Å². The summed E-state index contributed by atoms with van der Waals surface area (Å²) < 4.78 is 0.700. The Balaban J connectivity index is 1.99. The maximum atomic E-state index is 12.8. The first kappa shape index (κ1) is 24.2. The van der Waals surface area contributed by atoms with Crippen LogP contribution in [0.4, 0.5) is 5.82 Å². The van der Waals surface area contributed by atoms with Crippen LogP contribution in [0.3, 0.4) is 0 Å². The number of rotatable bonds is 11. The number of amides is 2. The van der Waals surface area contributed by atoms with Crippen LogP contribution in [0.15, 0.2) is 47.1 Å². The van der Waals surface area contributed by atoms with Crippen molar-refractivity contribution in [3.63, 3.8) is 0 Å². The van der Waals surface area contributed by atoms with Crippen molar-refractivity contribution in [2.24, 2.45) is 0 Å². The van der Waals surface area contributed by atoms with Gasteiger partial charge in [-0.15, -0.1) is 0 Å². The van der Waals surface area contributed by atoms with Gasteiger partial charge in [0.25, 0.3) is 5.91 Å². The van der Waals surface area contributed by atoms with Crippen molar-refractivity contribution in [1.29, 1.82) is 0 Å². The van der Waals surface area contributed by atoms with Gasteiger partial charge in [0, 0.05) is 30.3 Å². The first-order valence-corrected chi connectivity index (χ1v) is 12.2. The number of nitrogens with zero attached hydrogens (tertiary/aromatic N) is 2. The second-order valence-corrected chi connectivity index (χ2v) is 8.54. The van der Waals surface area contributed by atoms with E-state index in [1.807, 2.05) is 24.5 Å². The topological polar surface area (TPSA) is 74.3 Å². The van der Waals surface area contributed by atoms with Crippen LogP contribution in [0.5, 0.6) is 0 Å². The Morgan fingerprint density at radius 3 is 2.50 bits per heavy atom. The van der Waals surface area contributed by atoms with Crippen molar-refractivity contribution in [3.8, 4) is 0 Å². The number of carbonyl (C=O) groups is 2. The Kier molecular flexibility index (Phi) is 10.2. The van der Waals surface area contributed by atoms with Gasteiger partial charge in [-0.1, -0.05) is 18.2 Å². The molecule has 2 amide bonds. The first-order chi connectivity index (χ1) is 14.5. The zero-order valence-corrected chi connectivity index (χ0v) is 20.1. The predicted molar refractivity (Wildman–Crippen MR) is 128 cm³/mol. The van der Waals surface area contributed by atoms with Crippen molar-refractivity contribution in [2.75, 3.05) is 30.0 Å². The van der Waals surface area contributed by atoms with Crippen LogP contribution < -0.4 is 15.5 Å². The van der Waals surface area contributed by atoms with Crippen molar-refractivity contribution < 1.29 is 9.59 Å². The summed E-state index contributed by atoms with van der Waals surface area (Å²) in [5.74, 6) is 1.23. The zero-order chi connectivity index (χ0) is 21.9. The fourth-order valence-electron chi connectivity index (χ4n) is 2.95. The molecule has 0 saturated heterocycles. The fraction of sp³-hybridized carbons (Fsp3) is 0.409. The Morgan fingerprint density at radius 1 is 1.17 bits per heavy atom. The molecule has 6 nitrogen and oxygen atoms in total. The maximum absolute atomic E-state index is 12.8. The third-order valence-corrected chi connectivity index (χ3v) is 6.05. The third-order valence-electron chi connectivity index (χ3n) is 4.71. The van der Waals surface area contributed by atoms with Crippen LogP contribution in [0, 0.1) is 0 Å². The lowest BCUT2D eigenvalue weighted by Gasteiger charge is -2.20. The number of halogens is 1. The number of anilines is 1. The second kappa shape index (κ2) is 12.6. The Labute approximate surface area is 191 Å². The molecule has 0 bridgehead atoms. The minimum Gasteiger partial charge on any atom is -0.357 e. The average Bonchev–Trinajstić information content (AvgIpc) is 2.76. The van der Waals surface area contributed by atoms with Gasteiger partial charge in [0.1, 0.15) is 11.9 Å². The summed E-state index contributed by atoms with van der Waals surface area (Å²) in [6.07, 6.45) is 4.32. The molecule has 0 saturated carbocycles. The van der Waals surface area contributed by atoms with E-state index in [2.05, 4.69) is 50.3 Å². The number of nitrogens with one attached hydrogen (secondary N) is 2. The molecule has 8 heteroatoms. The Bertz CT molecular complexity index is 828. The smallest absolute Gasteiger partial charge is 0.253 e. The molecule has 0 fully saturated rings. The molecular formula is C22H29BrN4O2S. The summed E-state index contributed by atoms with van der Waals surface area (Å²) in [5.41, 5.74) is 1.43. The van der Waals surface area contributed by atoms with Crippen molar-refractivity contribution in [1.82, 2.24) is 15.6 Å². The standard InChI is InChI=1S/C22H29BrN4O2S/c1-4-27(5-2)20-11-10-16(14-24-20)15-25-22(29)19(12-13-30-3)26-21(28)17-8-6-7-9-18(17)23/h6-11,14,19H,4-5,12-13,15H2,1-3H3,(H,25,29)(H,26,28). The fourth-order valence-corrected chi connectivity index (χ4v) is 3.89. The van der Waals surface area contributed by atoms with E-state index in [4.69, 9.17) is 0 Å². The molecule has 0 aliphatic carbocycles. The highest BCUT2D eigenvalue weighted by molar-refractivity contribution is 9.10. The van der Waals surface area contributed by atoms with Gasteiger partial charge in [0.2, 0.25) is 5.91 Å². The van der Waals surface area contributed by atoms with Crippen molar-refractivity contribution in [2.45, 2.75) is 32.9 Å². The zero-order valence-electron chi connectivity index (χ0n) is 17.7. The lowest BCUT2D eigenvalue weighted by molar-refractivity contribution is -0.123. The third kappa shape index (κ3) is 7.02. The van der Waals surface area contributed by atoms with Crippen LogP contribution in [-0.4, -0.2) is 47.9 Å². The molecule has 1 heterocycles. The van der Waals surface area contributed by atoms with Gasteiger partial charge in [-0.2, -0.15) is 11.8 Å². The molecule has 1 aromatic carbocycles. The molecule has 162 valence electrons. The Morgan fingerprint density at radius 2 is 1.90 bits per heavy atom. The largest absolute Gasteiger partial charge is 0.357 e. The lowest BCUT2D eigenvalue weighted by atomic mass is 10.1. The first-order valence-electron chi connectivity index (χ1n) is 10.0. The summed E-state index contributed by atoms with van der Waals surface area (Å²) >= 11 is 5.03. The summed E-state index contributed by atoms with van der Waals surface area (Å²) in [6.45, 7) is 6.35. The monoisotopic (exact) mass is 492 g/mol. The number of thioether (sulfide) groups is 1. The molecule has 2 N–H and O–H groups in total. The van der Waals surface area contributed by atoms with Crippen LogP contribution in [0.25, 0.3) is 0 Å². The van der Waals surface area contributed by atoms with E-state index in [-0.39, 0.29) is 11.8 Å². The highest BCUT2D eigenvalue weighted by atomic mass is 79.9. The van der Waals surface area contributed by atoms with E-state index in [1.165, 1.54) is 0 Å². The van der Waals surface area contributed by atoms with E-state index in [9.17, 15) is 9.59 Å². The number of carbonyl (C=O) groups excluding carboxylic acids is 2. The summed E-state index contributed by atoms with van der Waals surface area (Å²) in [7, 11) is 0. The molecular weight excluding hydrogens is 464 g/mol. The van der Waals surface area contributed by atoms with Crippen LogP contribution in [0.2, 0.25) is 0 Å². The van der Waals surface area contributed by atoms with Gasteiger partial charge < -0.3 is 15.5 Å². The highest BCUT2D eigenvalue weighted by Crippen LogP contribution is 2.16. The molecule has 2 aromatic rings. The van der Waals surface area contributed by atoms with Gasteiger partial charge in [-0.25, -0.2) is 4.98 Å². The minimum atomic E-state index is -0.597. The van der Waals surface area contributed by atoms with Gasteiger partial charge in [0.15, 0.2) is 0 Å². The average molecular weight is 493 g/mol. The Hall–Kier alpha value is -2.06. The normalized spacial score (nSPS) is 11.6. The van der Waals surface area contributed by atoms with E-state index >= 15 is 0 Å². The molecule has 1 unspecified atom stereocenters. The molecule has 2 rings (SSSR count). The van der Waals surface area contributed by atoms with Crippen LogP contribution in [-0.2, 0) is 11.3 Å². The molecule has 1 atom stereocenters. The number of aromatic nitrogens is 1. The number of pyridine rings is 1. The van der Waals surface area contributed by atoms with Gasteiger partial charge in [0.05, 0.1) is 5.56 Å². The minimum absolute atomic E-state index is 0.197. The number of hydrogen-bond acceptors (Lipinski definition) is 5. The van der Waals surface area contributed by atoms with E-state index in [0.29, 0.717) is 23.0 Å². The number of benzene rings is 1. The van der Waals surface area contributed by atoms with Crippen molar-refractivity contribution in [3.05, 3.63) is 58.2 Å². The SMILES string of the molecule is CCN(CC)c1ccc(CNC(=O)C(CCSC)NC(=O)c2ccccc2Br)cn1. The van der Waals surface area contributed by atoms with Crippen LogP contribution >= 0.6 is 27.7 Å². The van der Waals surface area contributed by atoms with Gasteiger partial charge in [-0.3, -0.25) is 9.59 Å². The summed E-state index contributed by atoms with van der Waals surface area (Å²) in [4.78, 5) is 32.1. The van der Waals surface area contributed by atoms with Gasteiger partial charge in [-0.05, 0) is 72.0 Å². The second-order valence-electron chi connectivity index (χ2n) is 6.70. The molecule has 30 heavy (non-hydrogen) atoms. The molecule has 0 aliphatic heterocycles. The molecule has 0 spiro atoms. The maximum Gasteiger partial charge on any atom is 0.253 e. The molecule has 0 aliphatic rings. The van der Waals surface area contributed by atoms with Crippen LogP contribution in [0.1, 0.15) is 36.2 Å². The van der Waals surface area contributed by atoms with Gasteiger partial charge >= 0.3 is 0 Å². The predicted octanol–water partition coefficient (Wildman–Crippen LogP) is 3.86. The number of hydrogen-bond donors (Lipinski definition) is 2. The van der Waals surface area contributed by atoms with E-state index < -0.39 is 6.04 Å². The summed E-state index contributed by atoms with van der Waals surface area (Å²) in [6, 6.07) is 10.5. The molecule has 1 aromatic heterocycles. The molecule has 0 radical (unpaired) electrons. The van der Waals surface area contributed by atoms with E-state index in [0.717, 1.165) is 30.2 Å². The lowest BCUT2D eigenvalue weighted by Crippen LogP contribution is -2.47. The summed E-state index contributed by atoms with van der Waals surface area (Å²) in [5, 5.41) is 5.80. The highest BCUT2D eigenvalue weighted by Gasteiger charge is 2.22.